The van der Waals surface area contributed by atoms with Gasteiger partial charge in [0.2, 0.25) is 0 Å². The molecule has 2 aliphatic rings. The van der Waals surface area contributed by atoms with Crippen LogP contribution in [-0.2, 0) is 16.1 Å². The minimum atomic E-state index is -0.815. The van der Waals surface area contributed by atoms with Crippen molar-refractivity contribution in [2.45, 2.75) is 70.6 Å². The lowest BCUT2D eigenvalue weighted by Crippen LogP contribution is -2.48. The van der Waals surface area contributed by atoms with E-state index in [1.165, 1.54) is 37.0 Å². The number of thiophene rings is 1. The molecule has 1 aromatic rings. The average Bonchev–Trinajstić information content (AvgIpc) is 2.99. The Kier molecular flexibility index (Phi) is 8.12. The molecule has 2 atom stereocenters. The lowest BCUT2D eigenvalue weighted by atomic mass is 10.0. The molecule has 0 aliphatic carbocycles. The summed E-state index contributed by atoms with van der Waals surface area (Å²) in [5, 5.41) is 11.0. The van der Waals surface area contributed by atoms with E-state index in [4.69, 9.17) is 4.74 Å². The number of rotatable bonds is 7. The summed E-state index contributed by atoms with van der Waals surface area (Å²) in [5.41, 5.74) is 0. The van der Waals surface area contributed by atoms with E-state index in [0.717, 1.165) is 50.4 Å². The lowest BCUT2D eigenvalue weighted by Gasteiger charge is -2.35. The van der Waals surface area contributed by atoms with Crippen molar-refractivity contribution in [2.24, 2.45) is 0 Å². The number of piperidine rings is 1. The summed E-state index contributed by atoms with van der Waals surface area (Å²) in [5.74, 6) is -0.297. The third kappa shape index (κ3) is 5.76. The van der Waals surface area contributed by atoms with Crippen LogP contribution >= 0.6 is 11.3 Å². The van der Waals surface area contributed by atoms with Gasteiger partial charge in [0.25, 0.3) is 0 Å². The van der Waals surface area contributed by atoms with Crippen molar-refractivity contribution < 1.29 is 14.6 Å². The second-order valence-corrected chi connectivity index (χ2v) is 8.93. The van der Waals surface area contributed by atoms with E-state index in [1.54, 1.807) is 11.3 Å². The Hall–Kier alpha value is -0.950. The maximum atomic E-state index is 12.6. The number of nitrogens with zero attached hydrogens (tertiary/aromatic N) is 2. The first-order valence-electron chi connectivity index (χ1n) is 10.6. The number of carbonyl (C=O) groups is 1. The van der Waals surface area contributed by atoms with Gasteiger partial charge >= 0.3 is 5.97 Å². The van der Waals surface area contributed by atoms with Crippen LogP contribution in [0.5, 0.6) is 0 Å². The molecule has 0 amide bonds. The summed E-state index contributed by atoms with van der Waals surface area (Å²) in [6, 6.07) is 3.53. The molecule has 0 aromatic carbocycles. The summed E-state index contributed by atoms with van der Waals surface area (Å²) in [6.07, 6.45) is 7.76. The minimum Gasteiger partial charge on any atom is -0.465 e. The predicted molar refractivity (Wildman–Crippen MR) is 109 cm³/mol. The fourth-order valence-electron chi connectivity index (χ4n) is 4.21. The molecule has 3 rings (SSSR count). The largest absolute Gasteiger partial charge is 0.465 e. The first-order valence-corrected chi connectivity index (χ1v) is 11.4. The minimum absolute atomic E-state index is 0.297. The zero-order valence-electron chi connectivity index (χ0n) is 16.6. The molecule has 2 unspecified atom stereocenters. The van der Waals surface area contributed by atoms with E-state index >= 15 is 0 Å². The monoisotopic (exact) mass is 394 g/mol. The van der Waals surface area contributed by atoms with Gasteiger partial charge < -0.3 is 9.84 Å². The number of aliphatic hydroxyl groups is 1. The van der Waals surface area contributed by atoms with Gasteiger partial charge in [-0.25, -0.2) is 0 Å². The van der Waals surface area contributed by atoms with Crippen molar-refractivity contribution in [2.75, 3.05) is 32.8 Å². The van der Waals surface area contributed by atoms with Crippen LogP contribution in [0.3, 0.4) is 0 Å². The third-order valence-corrected chi connectivity index (χ3v) is 6.80. The van der Waals surface area contributed by atoms with Crippen molar-refractivity contribution in [3.63, 3.8) is 0 Å². The summed E-state index contributed by atoms with van der Waals surface area (Å²) in [6.45, 7) is 7.15. The zero-order valence-corrected chi connectivity index (χ0v) is 17.4. The summed E-state index contributed by atoms with van der Waals surface area (Å²) < 4.78 is 5.30. The van der Waals surface area contributed by atoms with Crippen molar-refractivity contribution in [3.8, 4) is 0 Å². The number of hydrogen-bond acceptors (Lipinski definition) is 6. The molecule has 152 valence electrons. The third-order valence-electron chi connectivity index (χ3n) is 5.66. The Balaban J connectivity index is 1.68. The Bertz CT molecular complexity index is 578. The van der Waals surface area contributed by atoms with Gasteiger partial charge in [0, 0.05) is 16.3 Å². The van der Waals surface area contributed by atoms with Crippen LogP contribution in [0.15, 0.2) is 12.1 Å². The number of esters is 1. The van der Waals surface area contributed by atoms with E-state index in [0.29, 0.717) is 6.61 Å². The quantitative estimate of drug-likeness (QED) is 0.717. The molecule has 3 heterocycles. The molecule has 0 bridgehead atoms. The molecule has 5 nitrogen and oxygen atoms in total. The maximum Gasteiger partial charge on any atom is 0.326 e. The SMILES string of the molecule is CCOC(=O)C(C(O)c1ccc(CN2CCCCCC2)s1)N1CCCCC1. The molecule has 2 aliphatic heterocycles. The van der Waals surface area contributed by atoms with Gasteiger partial charge in [0.15, 0.2) is 0 Å². The maximum absolute atomic E-state index is 12.6. The second-order valence-electron chi connectivity index (χ2n) is 7.73. The molecule has 27 heavy (non-hydrogen) atoms. The van der Waals surface area contributed by atoms with Crippen LogP contribution in [0.4, 0.5) is 0 Å². The standard InChI is InChI=1S/C21H34N2O3S/c1-2-26-21(25)19(23-14-8-5-9-15-23)20(24)18-11-10-17(27-18)16-22-12-6-3-4-7-13-22/h10-11,19-20,24H,2-9,12-16H2,1H3. The average molecular weight is 395 g/mol. The van der Waals surface area contributed by atoms with Gasteiger partial charge in [-0.15, -0.1) is 11.3 Å². The van der Waals surface area contributed by atoms with Crippen LogP contribution in [0.25, 0.3) is 0 Å². The fraction of sp³-hybridized carbons (Fsp3) is 0.762. The molecule has 0 spiro atoms. The Labute approximate surface area is 167 Å². The van der Waals surface area contributed by atoms with E-state index < -0.39 is 12.1 Å². The van der Waals surface area contributed by atoms with E-state index in [2.05, 4.69) is 15.9 Å². The molecule has 1 N–H and O–H groups in total. The number of likely N-dealkylation sites (tertiary alicyclic amines) is 2. The number of hydrogen-bond donors (Lipinski definition) is 1. The zero-order chi connectivity index (χ0) is 19.1. The smallest absolute Gasteiger partial charge is 0.326 e. The topological polar surface area (TPSA) is 53.0 Å². The second kappa shape index (κ2) is 10.6. The lowest BCUT2D eigenvalue weighted by molar-refractivity contribution is -0.155. The number of carbonyl (C=O) groups excluding carboxylic acids is 1. The van der Waals surface area contributed by atoms with Crippen LogP contribution in [0.1, 0.15) is 67.7 Å². The normalized spacial score (nSPS) is 22.1. The number of ether oxygens (including phenoxy) is 1. The Morgan fingerprint density at radius 1 is 1.07 bits per heavy atom. The van der Waals surface area contributed by atoms with Crippen molar-refractivity contribution >= 4 is 17.3 Å². The van der Waals surface area contributed by atoms with E-state index in [-0.39, 0.29) is 5.97 Å². The Morgan fingerprint density at radius 3 is 2.37 bits per heavy atom. The van der Waals surface area contributed by atoms with Crippen LogP contribution in [0.2, 0.25) is 0 Å². The molecule has 6 heteroatoms. The van der Waals surface area contributed by atoms with Crippen LogP contribution in [0, 0.1) is 0 Å². The molecule has 0 saturated carbocycles. The van der Waals surface area contributed by atoms with Gasteiger partial charge in [-0.2, -0.15) is 0 Å². The Morgan fingerprint density at radius 2 is 1.70 bits per heavy atom. The summed E-state index contributed by atoms with van der Waals surface area (Å²) in [4.78, 5) is 19.4. The summed E-state index contributed by atoms with van der Waals surface area (Å²) in [7, 11) is 0. The fourth-order valence-corrected chi connectivity index (χ4v) is 5.28. The number of aliphatic hydroxyl groups excluding tert-OH is 1. The first kappa shape index (κ1) is 20.8. The van der Waals surface area contributed by atoms with Gasteiger partial charge in [-0.05, 0) is 70.9 Å². The molecule has 0 radical (unpaired) electrons. The molecule has 2 saturated heterocycles. The molecular weight excluding hydrogens is 360 g/mol. The van der Waals surface area contributed by atoms with Gasteiger partial charge in [0.05, 0.1) is 6.61 Å². The van der Waals surface area contributed by atoms with E-state index in [1.807, 2.05) is 13.0 Å². The van der Waals surface area contributed by atoms with Crippen molar-refractivity contribution in [3.05, 3.63) is 21.9 Å². The van der Waals surface area contributed by atoms with E-state index in [9.17, 15) is 9.90 Å². The van der Waals surface area contributed by atoms with Gasteiger partial charge in [-0.3, -0.25) is 14.6 Å². The highest BCUT2D eigenvalue weighted by Gasteiger charge is 2.36. The highest BCUT2D eigenvalue weighted by Crippen LogP contribution is 2.31. The van der Waals surface area contributed by atoms with Gasteiger partial charge in [-0.1, -0.05) is 19.3 Å². The molecule has 2 fully saturated rings. The van der Waals surface area contributed by atoms with Crippen LogP contribution < -0.4 is 0 Å². The van der Waals surface area contributed by atoms with Crippen molar-refractivity contribution in [1.82, 2.24) is 9.80 Å². The van der Waals surface area contributed by atoms with Crippen LogP contribution in [-0.4, -0.2) is 59.7 Å². The highest BCUT2D eigenvalue weighted by atomic mass is 32.1. The van der Waals surface area contributed by atoms with Crippen molar-refractivity contribution in [1.29, 1.82) is 0 Å². The summed E-state index contributed by atoms with van der Waals surface area (Å²) >= 11 is 1.64. The highest BCUT2D eigenvalue weighted by molar-refractivity contribution is 7.12. The molecule has 1 aromatic heterocycles. The van der Waals surface area contributed by atoms with Gasteiger partial charge in [0.1, 0.15) is 12.1 Å². The predicted octanol–water partition coefficient (Wildman–Crippen LogP) is 3.58. The first-order chi connectivity index (χ1) is 13.2. The molecular formula is C21H34N2O3S.